The summed E-state index contributed by atoms with van der Waals surface area (Å²) in [5.74, 6) is -0.486. The van der Waals surface area contributed by atoms with Gasteiger partial charge in [-0.2, -0.15) is 0 Å². The van der Waals surface area contributed by atoms with Gasteiger partial charge in [0.1, 0.15) is 0 Å². The molecule has 0 aliphatic carbocycles. The molecule has 110 valence electrons. The molecule has 0 aromatic heterocycles. The first kappa shape index (κ1) is 15.0. The predicted octanol–water partition coefficient (Wildman–Crippen LogP) is 2.45. The SMILES string of the molecule is COC(=O)CCC(=O)NCCc1cccc2ccccc12. The maximum absolute atomic E-state index is 11.6. The van der Waals surface area contributed by atoms with E-state index < -0.39 is 0 Å². The number of nitrogens with one attached hydrogen (secondary N) is 1. The lowest BCUT2D eigenvalue weighted by Gasteiger charge is -2.08. The van der Waals surface area contributed by atoms with Crippen molar-refractivity contribution < 1.29 is 14.3 Å². The standard InChI is InChI=1S/C17H19NO3/c1-21-17(20)10-9-16(19)18-12-11-14-7-4-6-13-5-2-3-8-15(13)14/h2-8H,9-12H2,1H3,(H,18,19). The third-order valence-electron chi connectivity index (χ3n) is 3.38. The third-order valence-corrected chi connectivity index (χ3v) is 3.38. The van der Waals surface area contributed by atoms with Crippen molar-refractivity contribution in [1.29, 1.82) is 0 Å². The fourth-order valence-electron chi connectivity index (χ4n) is 2.25. The summed E-state index contributed by atoms with van der Waals surface area (Å²) in [5, 5.41) is 5.24. The van der Waals surface area contributed by atoms with Gasteiger partial charge in [-0.05, 0) is 22.8 Å². The molecule has 2 rings (SSSR count). The van der Waals surface area contributed by atoms with Crippen LogP contribution in [0.1, 0.15) is 18.4 Å². The molecule has 0 heterocycles. The van der Waals surface area contributed by atoms with Crippen molar-refractivity contribution in [3.63, 3.8) is 0 Å². The van der Waals surface area contributed by atoms with Crippen LogP contribution in [0.2, 0.25) is 0 Å². The summed E-state index contributed by atoms with van der Waals surface area (Å²) in [6.07, 6.45) is 1.06. The second-order valence-corrected chi connectivity index (χ2v) is 4.81. The Morgan fingerprint density at radius 1 is 1.05 bits per heavy atom. The zero-order chi connectivity index (χ0) is 15.1. The highest BCUT2D eigenvalue weighted by Crippen LogP contribution is 2.18. The fraction of sp³-hybridized carbons (Fsp3) is 0.294. The second-order valence-electron chi connectivity index (χ2n) is 4.81. The highest BCUT2D eigenvalue weighted by molar-refractivity contribution is 5.85. The van der Waals surface area contributed by atoms with Gasteiger partial charge in [0.05, 0.1) is 13.5 Å². The van der Waals surface area contributed by atoms with E-state index in [9.17, 15) is 9.59 Å². The quantitative estimate of drug-likeness (QED) is 0.829. The van der Waals surface area contributed by atoms with Crippen molar-refractivity contribution in [2.75, 3.05) is 13.7 Å². The number of amides is 1. The number of benzene rings is 2. The molecule has 0 saturated carbocycles. The Balaban J connectivity index is 1.85. The second kappa shape index (κ2) is 7.43. The Morgan fingerprint density at radius 2 is 1.81 bits per heavy atom. The monoisotopic (exact) mass is 285 g/mol. The molecular formula is C17H19NO3. The van der Waals surface area contributed by atoms with Gasteiger partial charge in [0.2, 0.25) is 5.91 Å². The first-order valence-corrected chi connectivity index (χ1v) is 7.01. The highest BCUT2D eigenvalue weighted by atomic mass is 16.5. The normalized spacial score (nSPS) is 10.3. The number of hydrogen-bond acceptors (Lipinski definition) is 3. The van der Waals surface area contributed by atoms with E-state index in [-0.39, 0.29) is 24.7 Å². The largest absolute Gasteiger partial charge is 0.469 e. The van der Waals surface area contributed by atoms with Crippen molar-refractivity contribution >= 4 is 22.6 Å². The molecule has 0 atom stereocenters. The summed E-state index contributed by atoms with van der Waals surface area (Å²) in [6, 6.07) is 14.4. The van der Waals surface area contributed by atoms with Gasteiger partial charge in [0.15, 0.2) is 0 Å². The Morgan fingerprint density at radius 3 is 2.62 bits per heavy atom. The number of carbonyl (C=O) groups excluding carboxylic acids is 2. The van der Waals surface area contributed by atoms with Crippen LogP contribution in [0.4, 0.5) is 0 Å². The molecule has 0 saturated heterocycles. The van der Waals surface area contributed by atoms with Gasteiger partial charge >= 0.3 is 5.97 Å². The van der Waals surface area contributed by atoms with Gasteiger partial charge in [-0.1, -0.05) is 42.5 Å². The molecule has 2 aromatic rings. The van der Waals surface area contributed by atoms with Gasteiger partial charge < -0.3 is 10.1 Å². The minimum absolute atomic E-state index is 0.122. The average molecular weight is 285 g/mol. The van der Waals surface area contributed by atoms with E-state index in [4.69, 9.17) is 0 Å². The maximum atomic E-state index is 11.6. The molecule has 0 aliphatic heterocycles. The van der Waals surface area contributed by atoms with E-state index in [2.05, 4.69) is 34.3 Å². The van der Waals surface area contributed by atoms with Gasteiger partial charge in [0, 0.05) is 13.0 Å². The first-order chi connectivity index (χ1) is 10.2. The molecule has 0 unspecified atom stereocenters. The predicted molar refractivity (Wildman–Crippen MR) is 81.9 cm³/mol. The minimum Gasteiger partial charge on any atom is -0.469 e. The van der Waals surface area contributed by atoms with E-state index in [1.807, 2.05) is 18.2 Å². The van der Waals surface area contributed by atoms with Crippen LogP contribution in [0.5, 0.6) is 0 Å². The first-order valence-electron chi connectivity index (χ1n) is 7.01. The molecule has 4 heteroatoms. The van der Waals surface area contributed by atoms with Crippen LogP contribution in [0.3, 0.4) is 0 Å². The van der Waals surface area contributed by atoms with E-state index in [0.29, 0.717) is 6.54 Å². The Hall–Kier alpha value is -2.36. The molecule has 0 spiro atoms. The number of ether oxygens (including phenoxy) is 1. The zero-order valence-electron chi connectivity index (χ0n) is 12.1. The maximum Gasteiger partial charge on any atom is 0.306 e. The molecular weight excluding hydrogens is 266 g/mol. The average Bonchev–Trinajstić information content (AvgIpc) is 2.52. The lowest BCUT2D eigenvalue weighted by molar-refractivity contribution is -0.142. The summed E-state index contributed by atoms with van der Waals surface area (Å²) in [5.41, 5.74) is 1.21. The lowest BCUT2D eigenvalue weighted by Crippen LogP contribution is -2.26. The smallest absolute Gasteiger partial charge is 0.306 e. The van der Waals surface area contributed by atoms with Crippen LogP contribution in [0.25, 0.3) is 10.8 Å². The zero-order valence-corrected chi connectivity index (χ0v) is 12.1. The number of methoxy groups -OCH3 is 1. The number of hydrogen-bond donors (Lipinski definition) is 1. The molecule has 1 amide bonds. The van der Waals surface area contributed by atoms with Crippen LogP contribution in [0.15, 0.2) is 42.5 Å². The Kier molecular flexibility index (Phi) is 5.32. The third kappa shape index (κ3) is 4.31. The number of esters is 1. The summed E-state index contributed by atoms with van der Waals surface area (Å²) >= 11 is 0. The van der Waals surface area contributed by atoms with Gasteiger partial charge in [-0.3, -0.25) is 9.59 Å². The van der Waals surface area contributed by atoms with Crippen LogP contribution >= 0.6 is 0 Å². The minimum atomic E-state index is -0.362. The van der Waals surface area contributed by atoms with Crippen LogP contribution in [0, 0.1) is 0 Å². The van der Waals surface area contributed by atoms with Crippen molar-refractivity contribution in [3.8, 4) is 0 Å². The Labute approximate surface area is 124 Å². The molecule has 1 N–H and O–H groups in total. The van der Waals surface area contributed by atoms with Crippen molar-refractivity contribution in [3.05, 3.63) is 48.0 Å². The molecule has 0 radical (unpaired) electrons. The number of carbonyl (C=O) groups is 2. The molecule has 0 aliphatic rings. The van der Waals surface area contributed by atoms with Gasteiger partial charge in [-0.25, -0.2) is 0 Å². The summed E-state index contributed by atoms with van der Waals surface area (Å²) < 4.78 is 4.50. The van der Waals surface area contributed by atoms with Crippen molar-refractivity contribution in [2.45, 2.75) is 19.3 Å². The molecule has 0 fully saturated rings. The van der Waals surface area contributed by atoms with E-state index in [1.54, 1.807) is 0 Å². The lowest BCUT2D eigenvalue weighted by atomic mass is 10.0. The fourth-order valence-corrected chi connectivity index (χ4v) is 2.25. The molecule has 0 bridgehead atoms. The molecule has 21 heavy (non-hydrogen) atoms. The van der Waals surface area contributed by atoms with Crippen LogP contribution in [-0.4, -0.2) is 25.5 Å². The molecule has 2 aromatic carbocycles. The van der Waals surface area contributed by atoms with Crippen molar-refractivity contribution in [2.24, 2.45) is 0 Å². The Bertz CT molecular complexity index is 631. The number of rotatable bonds is 6. The molecule has 4 nitrogen and oxygen atoms in total. The topological polar surface area (TPSA) is 55.4 Å². The van der Waals surface area contributed by atoms with Crippen LogP contribution in [-0.2, 0) is 20.7 Å². The van der Waals surface area contributed by atoms with E-state index in [0.717, 1.165) is 6.42 Å². The number of fused-ring (bicyclic) bond motifs is 1. The summed E-state index contributed by atoms with van der Waals surface area (Å²) in [4.78, 5) is 22.6. The summed E-state index contributed by atoms with van der Waals surface area (Å²) in [7, 11) is 1.32. The highest BCUT2D eigenvalue weighted by Gasteiger charge is 2.06. The van der Waals surface area contributed by atoms with Crippen LogP contribution < -0.4 is 5.32 Å². The van der Waals surface area contributed by atoms with Crippen molar-refractivity contribution in [1.82, 2.24) is 5.32 Å². The van der Waals surface area contributed by atoms with E-state index >= 15 is 0 Å². The van der Waals surface area contributed by atoms with Gasteiger partial charge in [-0.15, -0.1) is 0 Å². The summed E-state index contributed by atoms with van der Waals surface area (Å²) in [6.45, 7) is 0.564. The van der Waals surface area contributed by atoms with Gasteiger partial charge in [0.25, 0.3) is 0 Å². The van der Waals surface area contributed by atoms with E-state index in [1.165, 1.54) is 23.4 Å².